The molecule has 84 heavy (non-hydrogen) atoms. The minimum absolute atomic E-state index is 0.0620. The average Bonchev–Trinajstić information content (AvgIpc) is 0.875. The number of anilines is 6. The van der Waals surface area contributed by atoms with Crippen LogP contribution in [0.15, 0.2) is 231 Å². The molecule has 0 N–H and O–H groups in total. The lowest BCUT2D eigenvalue weighted by Gasteiger charge is -2.32. The van der Waals surface area contributed by atoms with Crippen molar-refractivity contribution in [3.05, 3.63) is 264 Å². The zero-order chi connectivity index (χ0) is 59.0. The van der Waals surface area contributed by atoms with E-state index in [1.165, 1.54) is 22.3 Å². The van der Waals surface area contributed by atoms with Crippen LogP contribution in [-0.2, 0) is 21.7 Å². The zero-order valence-corrected chi connectivity index (χ0v) is 50.6. The molecule has 418 valence electrons. The minimum Gasteiger partial charge on any atom is -0.307 e. The number of hydrogen-bond acceptors (Lipinski definition) is 2. The van der Waals surface area contributed by atoms with Crippen LogP contribution in [0.5, 0.6) is 0 Å². The van der Waals surface area contributed by atoms with E-state index in [2.05, 4.69) is 275 Å². The number of nitrogens with zero attached hydrogens (tertiary/aromatic N) is 2. The summed E-state index contributed by atoms with van der Waals surface area (Å²) in [6.07, 6.45) is 0. The molecule has 12 aromatic carbocycles. The highest BCUT2D eigenvalue weighted by molar-refractivity contribution is 6.28. The first-order valence-corrected chi connectivity index (χ1v) is 29.5. The maximum Gasteiger partial charge on any atom is 0.155 e. The van der Waals surface area contributed by atoms with E-state index in [9.17, 15) is 0 Å². The molecule has 4 heteroatoms. The molecule has 0 aliphatic heterocycles. The Morgan fingerprint density at radius 1 is 0.262 bits per heavy atom. The summed E-state index contributed by atoms with van der Waals surface area (Å²) in [5.74, 6) is -0.631. The first kappa shape index (κ1) is 55.7. The molecular formula is C80H74F2N2. The summed E-state index contributed by atoms with van der Waals surface area (Å²) < 4.78 is 37.5. The second-order valence-electron chi connectivity index (χ2n) is 26.9. The van der Waals surface area contributed by atoms with Crippen LogP contribution in [0.3, 0.4) is 0 Å². The van der Waals surface area contributed by atoms with Crippen molar-refractivity contribution < 1.29 is 8.78 Å². The highest BCUT2D eigenvalue weighted by Gasteiger charge is 2.30. The molecule has 0 saturated heterocycles. The van der Waals surface area contributed by atoms with Gasteiger partial charge in [0.25, 0.3) is 0 Å². The van der Waals surface area contributed by atoms with Gasteiger partial charge in [0.2, 0.25) is 0 Å². The maximum absolute atomic E-state index is 18.8. The Labute approximate surface area is 496 Å². The predicted molar refractivity (Wildman–Crippen MR) is 356 cm³/mol. The fourth-order valence-electron chi connectivity index (χ4n) is 12.2. The largest absolute Gasteiger partial charge is 0.307 e. The van der Waals surface area contributed by atoms with Gasteiger partial charge >= 0.3 is 0 Å². The summed E-state index contributed by atoms with van der Waals surface area (Å²) in [5, 5.41) is 6.07. The number of para-hydroxylation sites is 2. The van der Waals surface area contributed by atoms with E-state index in [0.717, 1.165) is 88.4 Å². The fourth-order valence-corrected chi connectivity index (χ4v) is 12.2. The zero-order valence-electron chi connectivity index (χ0n) is 50.6. The quantitative estimate of drug-likeness (QED) is 0.126. The van der Waals surface area contributed by atoms with Gasteiger partial charge in [0.15, 0.2) is 11.6 Å². The van der Waals surface area contributed by atoms with Crippen molar-refractivity contribution in [1.29, 1.82) is 0 Å². The SMILES string of the molecule is CC(C)(C)c1ccc(-c2ccc(-c3ccc(C(C)(C)C)cc3)c(N(c3ccccc3)c3ccc4ccc5c(N(c6ccccc6)c6c(-c7ccc(C(C)(C)C)cc7)ccc(-c7ccc(C(C)(C)C)cc7)c6F)ccc6ccc3c4c65)c2F)cc1. The van der Waals surface area contributed by atoms with Crippen LogP contribution >= 0.6 is 0 Å². The minimum atomic E-state index is -0.315. The maximum atomic E-state index is 18.8. The molecule has 0 amide bonds. The summed E-state index contributed by atoms with van der Waals surface area (Å²) in [7, 11) is 0. The topological polar surface area (TPSA) is 6.48 Å². The van der Waals surface area contributed by atoms with Crippen LogP contribution in [-0.4, -0.2) is 0 Å². The van der Waals surface area contributed by atoms with E-state index < -0.39 is 0 Å². The number of hydrogen-bond donors (Lipinski definition) is 0. The third kappa shape index (κ3) is 10.2. The first-order valence-electron chi connectivity index (χ1n) is 29.5. The third-order valence-electron chi connectivity index (χ3n) is 17.1. The highest BCUT2D eigenvalue weighted by atomic mass is 19.1. The van der Waals surface area contributed by atoms with E-state index in [4.69, 9.17) is 0 Å². The highest BCUT2D eigenvalue weighted by Crippen LogP contribution is 2.53. The summed E-state index contributed by atoms with van der Waals surface area (Å²) in [6, 6.07) is 79.8. The molecule has 12 rings (SSSR count). The molecule has 0 spiro atoms. The van der Waals surface area contributed by atoms with Crippen LogP contribution in [0.1, 0.15) is 105 Å². The van der Waals surface area contributed by atoms with Gasteiger partial charge in [-0.2, -0.15) is 0 Å². The second-order valence-corrected chi connectivity index (χ2v) is 26.9. The van der Waals surface area contributed by atoms with Crippen molar-refractivity contribution in [2.45, 2.75) is 105 Å². The monoisotopic (exact) mass is 1100 g/mol. The fraction of sp³-hybridized carbons (Fsp3) is 0.200. The van der Waals surface area contributed by atoms with Gasteiger partial charge in [0.05, 0.1) is 22.7 Å². The van der Waals surface area contributed by atoms with E-state index in [1.807, 2.05) is 48.5 Å². The van der Waals surface area contributed by atoms with Gasteiger partial charge in [0, 0.05) is 44.4 Å². The van der Waals surface area contributed by atoms with Crippen molar-refractivity contribution in [2.24, 2.45) is 0 Å². The lowest BCUT2D eigenvalue weighted by molar-refractivity contribution is 0.590. The number of rotatable bonds is 10. The molecule has 0 atom stereocenters. The number of halogens is 2. The van der Waals surface area contributed by atoms with Gasteiger partial charge in [-0.05, 0) is 124 Å². The number of benzene rings is 12. The van der Waals surface area contributed by atoms with Crippen molar-refractivity contribution >= 4 is 66.4 Å². The third-order valence-corrected chi connectivity index (χ3v) is 17.1. The van der Waals surface area contributed by atoms with Gasteiger partial charge < -0.3 is 9.80 Å². The van der Waals surface area contributed by atoms with Crippen molar-refractivity contribution in [3.8, 4) is 44.5 Å². The molecule has 0 fully saturated rings. The smallest absolute Gasteiger partial charge is 0.155 e. The van der Waals surface area contributed by atoms with Crippen molar-refractivity contribution in [2.75, 3.05) is 9.80 Å². The molecule has 0 aromatic heterocycles. The summed E-state index contributed by atoms with van der Waals surface area (Å²) in [4.78, 5) is 4.26. The first-order chi connectivity index (χ1) is 40.0. The molecule has 0 radical (unpaired) electrons. The molecule has 2 nitrogen and oxygen atoms in total. The molecule has 0 heterocycles. The molecule has 0 unspecified atom stereocenters. The van der Waals surface area contributed by atoms with E-state index in [1.54, 1.807) is 0 Å². The van der Waals surface area contributed by atoms with Gasteiger partial charge in [-0.15, -0.1) is 0 Å². The molecule has 0 bridgehead atoms. The van der Waals surface area contributed by atoms with Gasteiger partial charge in [-0.1, -0.05) is 277 Å². The van der Waals surface area contributed by atoms with Gasteiger partial charge in [-0.3, -0.25) is 0 Å². The van der Waals surface area contributed by atoms with E-state index >= 15 is 8.78 Å². The molecule has 0 aliphatic carbocycles. The Hall–Kier alpha value is -8.86. The van der Waals surface area contributed by atoms with Gasteiger partial charge in [0.1, 0.15) is 0 Å². The van der Waals surface area contributed by atoms with Crippen molar-refractivity contribution in [3.63, 3.8) is 0 Å². The van der Waals surface area contributed by atoms with Crippen LogP contribution in [0.4, 0.5) is 42.9 Å². The standard InChI is InChI=1S/C80H74F2N2/c1-77(2,3)57-35-23-51(24-36-57)63-45-47-65(53-27-39-59(40-28-53)79(7,8)9)75(73(63)81)83(61-19-15-13-16-20-61)69-49-33-55-32-44-68-70(50-34-56-31-43-67(69)71(55)72(56)68)84(62-21-17-14-18-22-62)76-66(54-29-41-60(42-30-54)80(10,11)12)48-46-64(74(76)82)52-25-37-58(38-26-52)78(4,5)6/h13-50H,1-12H3. The Balaban J connectivity index is 1.12. The normalized spacial score (nSPS) is 12.4. The predicted octanol–water partition coefficient (Wildman–Crippen LogP) is 23.7. The summed E-state index contributed by atoms with van der Waals surface area (Å²) >= 11 is 0. The van der Waals surface area contributed by atoms with Crippen LogP contribution in [0, 0.1) is 11.6 Å². The Kier molecular flexibility index (Phi) is 14.0. The van der Waals surface area contributed by atoms with Crippen LogP contribution < -0.4 is 9.80 Å². The molecule has 12 aromatic rings. The lowest BCUT2D eigenvalue weighted by Crippen LogP contribution is -2.15. The molecule has 0 saturated carbocycles. The molecular weight excluding hydrogens is 1030 g/mol. The Morgan fingerprint density at radius 3 is 0.810 bits per heavy atom. The van der Waals surface area contributed by atoms with Crippen LogP contribution in [0.2, 0.25) is 0 Å². The Morgan fingerprint density at radius 2 is 0.524 bits per heavy atom. The average molecular weight is 1100 g/mol. The van der Waals surface area contributed by atoms with E-state index in [0.29, 0.717) is 22.5 Å². The lowest BCUT2D eigenvalue weighted by atomic mass is 9.85. The van der Waals surface area contributed by atoms with Gasteiger partial charge in [-0.25, -0.2) is 8.78 Å². The Bertz CT molecular complexity index is 4080. The summed E-state index contributed by atoms with van der Waals surface area (Å²) in [5.41, 5.74) is 14.8. The summed E-state index contributed by atoms with van der Waals surface area (Å²) in [6.45, 7) is 26.5. The second kappa shape index (κ2) is 21.1. The van der Waals surface area contributed by atoms with E-state index in [-0.39, 0.29) is 33.3 Å². The molecule has 0 aliphatic rings. The van der Waals surface area contributed by atoms with Crippen LogP contribution in [0.25, 0.3) is 76.8 Å². The van der Waals surface area contributed by atoms with Crippen molar-refractivity contribution in [1.82, 2.24) is 0 Å².